The van der Waals surface area contributed by atoms with Gasteiger partial charge in [0.2, 0.25) is 5.91 Å². The summed E-state index contributed by atoms with van der Waals surface area (Å²) >= 11 is 6.50. The number of aryl methyl sites for hydroxylation is 1. The first-order valence-corrected chi connectivity index (χ1v) is 13.5. The smallest absolute Gasteiger partial charge is 0.256 e. The van der Waals surface area contributed by atoms with Crippen LogP contribution in [0.5, 0.6) is 0 Å². The average molecular weight is 550 g/mol. The SMILES string of the molecule is Cc1cccc([C@@H](CO)NC(=O)[C@@H](C)N2Cc3ncc(-c4cc(NC5CCOCC5)ncc4Cl)cc3C2=O)c1. The largest absolute Gasteiger partial charge is 0.394 e. The molecule has 204 valence electrons. The van der Waals surface area contributed by atoms with Crippen LogP contribution in [0.4, 0.5) is 5.82 Å². The number of aliphatic hydroxyl groups excluding tert-OH is 1. The van der Waals surface area contributed by atoms with Crippen molar-refractivity contribution >= 4 is 29.2 Å². The van der Waals surface area contributed by atoms with Crippen LogP contribution >= 0.6 is 11.6 Å². The first-order valence-electron chi connectivity index (χ1n) is 13.1. The van der Waals surface area contributed by atoms with Crippen LogP contribution in [-0.2, 0) is 16.1 Å². The zero-order chi connectivity index (χ0) is 27.5. The lowest BCUT2D eigenvalue weighted by molar-refractivity contribution is -0.126. The van der Waals surface area contributed by atoms with E-state index in [1.165, 1.54) is 4.90 Å². The number of benzene rings is 1. The number of aliphatic hydroxyl groups is 1. The fourth-order valence-corrected chi connectivity index (χ4v) is 5.21. The van der Waals surface area contributed by atoms with E-state index in [0.29, 0.717) is 40.9 Å². The summed E-state index contributed by atoms with van der Waals surface area (Å²) in [4.78, 5) is 37.0. The lowest BCUT2D eigenvalue weighted by Gasteiger charge is -2.26. The molecule has 0 saturated carbocycles. The molecule has 2 amide bonds. The maximum atomic E-state index is 13.4. The second-order valence-corrected chi connectivity index (χ2v) is 10.5. The van der Waals surface area contributed by atoms with Crippen LogP contribution in [0.2, 0.25) is 5.02 Å². The van der Waals surface area contributed by atoms with E-state index in [1.54, 1.807) is 25.4 Å². The highest BCUT2D eigenvalue weighted by Gasteiger charge is 2.36. The van der Waals surface area contributed by atoms with Crippen molar-refractivity contribution in [1.29, 1.82) is 0 Å². The van der Waals surface area contributed by atoms with Gasteiger partial charge >= 0.3 is 0 Å². The number of amides is 2. The molecule has 0 spiro atoms. The third kappa shape index (κ3) is 5.90. The molecule has 1 aromatic carbocycles. The first-order chi connectivity index (χ1) is 18.8. The molecule has 0 unspecified atom stereocenters. The number of fused-ring (bicyclic) bond motifs is 1. The first kappa shape index (κ1) is 27.1. The predicted octanol–water partition coefficient (Wildman–Crippen LogP) is 3.89. The molecule has 2 aromatic heterocycles. The standard InChI is InChI=1S/C29H32ClN5O4/c1-17-4-3-5-19(10-17)26(16-36)34-28(37)18(2)35-15-25-23(29(35)38)11-20(13-31-25)22-12-27(32-14-24(22)30)33-21-6-8-39-9-7-21/h3-5,10-14,18,21,26,36H,6-9,15-16H2,1-2H3,(H,32,33)(H,34,37)/t18-,26-/m1/s1. The zero-order valence-corrected chi connectivity index (χ0v) is 22.7. The summed E-state index contributed by atoms with van der Waals surface area (Å²) in [5.74, 6) is 0.0777. The van der Waals surface area contributed by atoms with Crippen LogP contribution < -0.4 is 10.6 Å². The van der Waals surface area contributed by atoms with Crippen molar-refractivity contribution in [3.05, 3.63) is 76.2 Å². The molecule has 5 rings (SSSR count). The van der Waals surface area contributed by atoms with Gasteiger partial charge in [0.1, 0.15) is 11.9 Å². The van der Waals surface area contributed by atoms with Crippen molar-refractivity contribution in [3.8, 4) is 11.1 Å². The molecule has 0 aliphatic carbocycles. The van der Waals surface area contributed by atoms with Crippen molar-refractivity contribution in [2.75, 3.05) is 25.1 Å². The number of carbonyl (C=O) groups is 2. The van der Waals surface area contributed by atoms with Crippen LogP contribution in [0.3, 0.4) is 0 Å². The minimum Gasteiger partial charge on any atom is -0.394 e. The molecule has 4 heterocycles. The number of nitrogens with one attached hydrogen (secondary N) is 2. The Balaban J connectivity index is 1.31. The monoisotopic (exact) mass is 549 g/mol. The average Bonchev–Trinajstić information content (AvgIpc) is 3.28. The summed E-state index contributed by atoms with van der Waals surface area (Å²) in [7, 11) is 0. The molecule has 1 saturated heterocycles. The summed E-state index contributed by atoms with van der Waals surface area (Å²) in [6, 6.07) is 10.2. The number of hydrogen-bond acceptors (Lipinski definition) is 7. The molecular weight excluding hydrogens is 518 g/mol. The molecule has 10 heteroatoms. The lowest BCUT2D eigenvalue weighted by atomic mass is 10.0. The molecule has 2 aliphatic rings. The van der Waals surface area contributed by atoms with Gasteiger partial charge in [-0.3, -0.25) is 14.6 Å². The van der Waals surface area contributed by atoms with E-state index in [0.717, 1.165) is 29.5 Å². The number of aromatic nitrogens is 2. The molecule has 39 heavy (non-hydrogen) atoms. The van der Waals surface area contributed by atoms with Crippen molar-refractivity contribution in [2.24, 2.45) is 0 Å². The fourth-order valence-electron chi connectivity index (χ4n) is 5.00. The van der Waals surface area contributed by atoms with Gasteiger partial charge in [0.15, 0.2) is 0 Å². The van der Waals surface area contributed by atoms with Gasteiger partial charge in [0, 0.05) is 42.8 Å². The summed E-state index contributed by atoms with van der Waals surface area (Å²) in [5.41, 5.74) is 4.30. The topological polar surface area (TPSA) is 117 Å². The van der Waals surface area contributed by atoms with Crippen LogP contribution in [0.1, 0.15) is 53.0 Å². The summed E-state index contributed by atoms with van der Waals surface area (Å²) in [6.07, 6.45) is 5.10. The molecule has 9 nitrogen and oxygen atoms in total. The highest BCUT2D eigenvalue weighted by atomic mass is 35.5. The number of hydrogen-bond donors (Lipinski definition) is 3. The highest BCUT2D eigenvalue weighted by Crippen LogP contribution is 2.33. The number of nitrogens with zero attached hydrogens (tertiary/aromatic N) is 3. The third-order valence-electron chi connectivity index (χ3n) is 7.31. The van der Waals surface area contributed by atoms with Gasteiger partial charge in [-0.25, -0.2) is 4.98 Å². The van der Waals surface area contributed by atoms with E-state index in [2.05, 4.69) is 20.6 Å². The second kappa shape index (κ2) is 11.7. The van der Waals surface area contributed by atoms with E-state index in [4.69, 9.17) is 16.3 Å². The maximum Gasteiger partial charge on any atom is 0.256 e. The van der Waals surface area contributed by atoms with Gasteiger partial charge in [-0.15, -0.1) is 0 Å². The van der Waals surface area contributed by atoms with Crippen molar-refractivity contribution in [3.63, 3.8) is 0 Å². The molecule has 3 N–H and O–H groups in total. The number of anilines is 1. The Hall–Kier alpha value is -3.53. The number of halogens is 1. The zero-order valence-electron chi connectivity index (χ0n) is 22.0. The molecule has 2 atom stereocenters. The molecule has 3 aromatic rings. The molecule has 2 aliphatic heterocycles. The maximum absolute atomic E-state index is 13.4. The van der Waals surface area contributed by atoms with E-state index in [-0.39, 0.29) is 31.0 Å². The van der Waals surface area contributed by atoms with E-state index in [9.17, 15) is 14.7 Å². The Labute approximate surface area is 232 Å². The minimum absolute atomic E-state index is 0.220. The minimum atomic E-state index is -0.756. The molecular formula is C29H32ClN5O4. The van der Waals surface area contributed by atoms with E-state index >= 15 is 0 Å². The van der Waals surface area contributed by atoms with Crippen LogP contribution in [0, 0.1) is 6.92 Å². The summed E-state index contributed by atoms with van der Waals surface area (Å²) < 4.78 is 5.43. The van der Waals surface area contributed by atoms with Crippen molar-refractivity contribution in [1.82, 2.24) is 20.2 Å². The predicted molar refractivity (Wildman–Crippen MR) is 148 cm³/mol. The Morgan fingerprint density at radius 1 is 1.18 bits per heavy atom. The van der Waals surface area contributed by atoms with E-state index < -0.39 is 12.1 Å². The summed E-state index contributed by atoms with van der Waals surface area (Å²) in [5, 5.41) is 16.7. The molecule has 0 bridgehead atoms. The van der Waals surface area contributed by atoms with Gasteiger partial charge in [0.25, 0.3) is 5.91 Å². The third-order valence-corrected chi connectivity index (χ3v) is 7.61. The molecule has 0 radical (unpaired) electrons. The van der Waals surface area contributed by atoms with Gasteiger partial charge in [-0.05, 0) is 44.4 Å². The quantitative estimate of drug-likeness (QED) is 0.390. The van der Waals surface area contributed by atoms with E-state index in [1.807, 2.05) is 37.3 Å². The van der Waals surface area contributed by atoms with Crippen molar-refractivity contribution < 1.29 is 19.4 Å². The Morgan fingerprint density at radius 3 is 2.72 bits per heavy atom. The fraction of sp³-hybridized carbons (Fsp3) is 0.379. The van der Waals surface area contributed by atoms with Crippen LogP contribution in [0.15, 0.2) is 48.8 Å². The highest BCUT2D eigenvalue weighted by molar-refractivity contribution is 6.33. The van der Waals surface area contributed by atoms with Crippen molar-refractivity contribution in [2.45, 2.75) is 51.4 Å². The Bertz CT molecular complexity index is 1380. The number of ether oxygens (including phenoxy) is 1. The number of rotatable bonds is 8. The Morgan fingerprint density at radius 2 is 1.97 bits per heavy atom. The van der Waals surface area contributed by atoms with Gasteiger partial charge in [-0.1, -0.05) is 41.4 Å². The lowest BCUT2D eigenvalue weighted by Crippen LogP contribution is -2.46. The number of carbonyl (C=O) groups excluding carboxylic acids is 2. The van der Waals surface area contributed by atoms with Crippen LogP contribution in [-0.4, -0.2) is 63.7 Å². The van der Waals surface area contributed by atoms with Crippen LogP contribution in [0.25, 0.3) is 11.1 Å². The Kier molecular flexibility index (Phi) is 8.11. The van der Waals surface area contributed by atoms with Gasteiger partial charge in [0.05, 0.1) is 35.5 Å². The van der Waals surface area contributed by atoms with Gasteiger partial charge < -0.3 is 25.4 Å². The second-order valence-electron chi connectivity index (χ2n) is 10.1. The summed E-state index contributed by atoms with van der Waals surface area (Å²) in [6.45, 7) is 5.03. The normalized spacial score (nSPS) is 17.0. The van der Waals surface area contributed by atoms with Gasteiger partial charge in [-0.2, -0.15) is 0 Å². The number of pyridine rings is 2. The molecule has 1 fully saturated rings.